The van der Waals surface area contributed by atoms with E-state index in [4.69, 9.17) is 27.9 Å². The van der Waals surface area contributed by atoms with Crippen LogP contribution < -0.4 is 5.32 Å². The molecule has 0 radical (unpaired) electrons. The molecule has 2 N–H and O–H groups in total. The van der Waals surface area contributed by atoms with Crippen molar-refractivity contribution in [3.05, 3.63) is 99.4 Å². The third-order valence-electron chi connectivity index (χ3n) is 8.55. The first-order valence-corrected chi connectivity index (χ1v) is 16.6. The topological polar surface area (TPSA) is 77.7 Å². The molecule has 0 spiro atoms. The summed E-state index contributed by atoms with van der Waals surface area (Å²) in [5, 5.41) is 4.35. The van der Waals surface area contributed by atoms with E-state index in [0.29, 0.717) is 41.2 Å². The highest BCUT2D eigenvalue weighted by Crippen LogP contribution is 2.54. The molecule has 6 rings (SSSR count). The monoisotopic (exact) mass is 668 g/mol. The Morgan fingerprint density at radius 2 is 1.84 bits per heavy atom. The number of carbonyl (C=O) groups excluding carboxylic acids is 2. The predicted octanol–water partition coefficient (Wildman–Crippen LogP) is 6.77. The fourth-order valence-corrected chi connectivity index (χ4v) is 7.92. The second kappa shape index (κ2) is 13.7. The first-order valence-electron chi connectivity index (χ1n) is 15.1. The van der Waals surface area contributed by atoms with Crippen LogP contribution in [0, 0.1) is 12.7 Å². The summed E-state index contributed by atoms with van der Waals surface area (Å²) in [6.07, 6.45) is 2.51. The zero-order valence-corrected chi connectivity index (χ0v) is 27.3. The molecule has 2 saturated heterocycles. The van der Waals surface area contributed by atoms with E-state index in [1.54, 1.807) is 23.2 Å². The van der Waals surface area contributed by atoms with Gasteiger partial charge < -0.3 is 19.9 Å². The van der Waals surface area contributed by atoms with Crippen LogP contribution >= 0.6 is 35.0 Å². The molecule has 0 aliphatic carbocycles. The van der Waals surface area contributed by atoms with Gasteiger partial charge in [0.2, 0.25) is 11.8 Å². The highest BCUT2D eigenvalue weighted by Gasteiger charge is 2.58. The SMILES string of the molecule is Cc1ccc(S[C@]2(C(=O)NCCCN3CCOCC3)CC(=O)N(Cc3ccc(Cl)cc3)[C@H]2c2c[nH]c3cc(Cl)c(F)cc23)cc1. The van der Waals surface area contributed by atoms with Crippen LogP contribution in [0.4, 0.5) is 4.39 Å². The molecule has 3 heterocycles. The van der Waals surface area contributed by atoms with Gasteiger partial charge in [-0.25, -0.2) is 4.39 Å². The summed E-state index contributed by atoms with van der Waals surface area (Å²) >= 11 is 13.7. The van der Waals surface area contributed by atoms with Crippen molar-refractivity contribution >= 4 is 57.7 Å². The number of fused-ring (bicyclic) bond motifs is 1. The van der Waals surface area contributed by atoms with Gasteiger partial charge >= 0.3 is 0 Å². The Morgan fingerprint density at radius 3 is 2.58 bits per heavy atom. The maximum absolute atomic E-state index is 14.9. The third-order valence-corrected chi connectivity index (χ3v) is 10.5. The van der Waals surface area contributed by atoms with Gasteiger partial charge in [0.1, 0.15) is 10.6 Å². The van der Waals surface area contributed by atoms with Gasteiger partial charge in [-0.05, 0) is 61.9 Å². The van der Waals surface area contributed by atoms with Crippen molar-refractivity contribution in [3.63, 3.8) is 0 Å². The van der Waals surface area contributed by atoms with Crippen LogP contribution in [0.5, 0.6) is 0 Å². The van der Waals surface area contributed by atoms with Crippen molar-refractivity contribution in [1.29, 1.82) is 0 Å². The number of amides is 2. The number of carbonyl (C=O) groups is 2. The van der Waals surface area contributed by atoms with Crippen LogP contribution in [0.1, 0.15) is 35.6 Å². The molecular weight excluding hydrogens is 634 g/mol. The number of H-pyrrole nitrogens is 1. The summed E-state index contributed by atoms with van der Waals surface area (Å²) in [5.74, 6) is -0.958. The molecule has 2 amide bonds. The number of ether oxygens (including phenoxy) is 1. The van der Waals surface area contributed by atoms with Gasteiger partial charge in [-0.1, -0.05) is 53.0 Å². The van der Waals surface area contributed by atoms with Crippen molar-refractivity contribution < 1.29 is 18.7 Å². The average Bonchev–Trinajstić information content (AvgIpc) is 3.55. The van der Waals surface area contributed by atoms with Gasteiger partial charge in [-0.3, -0.25) is 14.5 Å². The molecule has 4 aromatic rings. The van der Waals surface area contributed by atoms with Crippen LogP contribution in [0.15, 0.2) is 71.8 Å². The number of nitrogens with one attached hydrogen (secondary N) is 2. The fourth-order valence-electron chi connectivity index (χ4n) is 6.21. The van der Waals surface area contributed by atoms with Crippen LogP contribution in [0.3, 0.4) is 0 Å². The molecule has 2 atom stereocenters. The molecule has 3 aromatic carbocycles. The lowest BCUT2D eigenvalue weighted by molar-refractivity contribution is -0.129. The van der Waals surface area contributed by atoms with Gasteiger partial charge in [-0.15, -0.1) is 11.8 Å². The van der Waals surface area contributed by atoms with Gasteiger partial charge in [0.15, 0.2) is 0 Å². The van der Waals surface area contributed by atoms with E-state index in [-0.39, 0.29) is 29.8 Å². The number of hydrogen-bond acceptors (Lipinski definition) is 5. The normalized spacial score (nSPS) is 20.7. The van der Waals surface area contributed by atoms with E-state index in [9.17, 15) is 14.0 Å². The number of aromatic nitrogens is 1. The Bertz CT molecular complexity index is 1680. The smallest absolute Gasteiger partial charge is 0.239 e. The number of hydrogen-bond donors (Lipinski definition) is 2. The Balaban J connectivity index is 1.40. The number of halogens is 3. The number of aryl methyl sites for hydroxylation is 1. The minimum Gasteiger partial charge on any atom is -0.379 e. The first-order chi connectivity index (χ1) is 21.7. The number of thioether (sulfide) groups is 1. The molecule has 2 aliphatic heterocycles. The Hall–Kier alpha value is -3.08. The largest absolute Gasteiger partial charge is 0.379 e. The molecule has 0 unspecified atom stereocenters. The summed E-state index contributed by atoms with van der Waals surface area (Å²) < 4.78 is 19.1. The molecule has 11 heteroatoms. The predicted molar refractivity (Wildman–Crippen MR) is 177 cm³/mol. The molecule has 0 saturated carbocycles. The highest BCUT2D eigenvalue weighted by molar-refractivity contribution is 8.01. The van der Waals surface area contributed by atoms with E-state index < -0.39 is 16.6 Å². The molecule has 236 valence electrons. The Labute approximate surface area is 276 Å². The van der Waals surface area contributed by atoms with Crippen molar-refractivity contribution in [2.45, 2.75) is 42.0 Å². The minimum atomic E-state index is -1.25. The highest BCUT2D eigenvalue weighted by atomic mass is 35.5. The molecule has 45 heavy (non-hydrogen) atoms. The van der Waals surface area contributed by atoms with E-state index in [2.05, 4.69) is 15.2 Å². The minimum absolute atomic E-state index is 0.00489. The zero-order chi connectivity index (χ0) is 31.6. The number of benzene rings is 3. The van der Waals surface area contributed by atoms with Crippen LogP contribution in [0.25, 0.3) is 10.9 Å². The van der Waals surface area contributed by atoms with Crippen molar-refractivity contribution in [2.24, 2.45) is 0 Å². The fraction of sp³-hybridized carbons (Fsp3) is 0.353. The summed E-state index contributed by atoms with van der Waals surface area (Å²) in [7, 11) is 0. The van der Waals surface area contributed by atoms with Gasteiger partial charge in [0, 0.05) is 58.8 Å². The quantitative estimate of drug-likeness (QED) is 0.183. The van der Waals surface area contributed by atoms with E-state index in [1.807, 2.05) is 43.3 Å². The molecule has 7 nitrogen and oxygen atoms in total. The van der Waals surface area contributed by atoms with Crippen LogP contribution in [-0.4, -0.2) is 70.7 Å². The molecule has 2 fully saturated rings. The zero-order valence-electron chi connectivity index (χ0n) is 25.0. The van der Waals surface area contributed by atoms with E-state index in [0.717, 1.165) is 42.1 Å². The maximum atomic E-state index is 14.9. The standard InChI is InChI=1S/C34H35Cl2FN4O3S/c1-22-3-9-25(10-4-22)45-34(33(43)38-11-2-12-40-13-15-44-16-14-40)19-31(42)41(21-23-5-7-24(35)8-6-23)32(34)27-20-39-30-18-28(36)29(37)17-26(27)30/h3-10,17-18,20,32,39H,2,11-16,19,21H2,1H3,(H,38,43)/t32-,34+/m0/s1. The number of morpholine rings is 1. The number of rotatable bonds is 10. The van der Waals surface area contributed by atoms with Gasteiger partial charge in [0.25, 0.3) is 0 Å². The van der Waals surface area contributed by atoms with Gasteiger partial charge in [0.05, 0.1) is 30.7 Å². The van der Waals surface area contributed by atoms with Crippen LogP contribution in [-0.2, 0) is 20.9 Å². The van der Waals surface area contributed by atoms with Gasteiger partial charge in [-0.2, -0.15) is 0 Å². The average molecular weight is 670 g/mol. The number of nitrogens with zero attached hydrogens (tertiary/aromatic N) is 2. The Morgan fingerprint density at radius 1 is 1.11 bits per heavy atom. The van der Waals surface area contributed by atoms with Crippen LogP contribution in [0.2, 0.25) is 10.0 Å². The summed E-state index contributed by atoms with van der Waals surface area (Å²) in [5.41, 5.74) is 3.24. The lowest BCUT2D eigenvalue weighted by Gasteiger charge is -2.36. The van der Waals surface area contributed by atoms with E-state index >= 15 is 0 Å². The molecule has 0 bridgehead atoms. The second-order valence-corrected chi connectivity index (χ2v) is 13.9. The summed E-state index contributed by atoms with van der Waals surface area (Å²) in [6.45, 7) is 6.74. The third kappa shape index (κ3) is 6.88. The summed E-state index contributed by atoms with van der Waals surface area (Å²) in [4.78, 5) is 36.8. The lowest BCUT2D eigenvalue weighted by atomic mass is 9.91. The van der Waals surface area contributed by atoms with Crippen molar-refractivity contribution in [3.8, 4) is 0 Å². The van der Waals surface area contributed by atoms with Crippen molar-refractivity contribution in [1.82, 2.24) is 20.1 Å². The van der Waals surface area contributed by atoms with E-state index in [1.165, 1.54) is 23.9 Å². The number of likely N-dealkylation sites (tertiary alicyclic amines) is 1. The maximum Gasteiger partial charge on any atom is 0.239 e. The molecular formula is C34H35Cl2FN4O3S. The molecule has 1 aromatic heterocycles. The number of aromatic amines is 1. The van der Waals surface area contributed by atoms with Crippen molar-refractivity contribution in [2.75, 3.05) is 39.4 Å². The first kappa shape index (κ1) is 31.9. The molecule has 2 aliphatic rings. The lowest BCUT2D eigenvalue weighted by Crippen LogP contribution is -2.48. The summed E-state index contributed by atoms with van der Waals surface area (Å²) in [6, 6.07) is 17.5. The second-order valence-electron chi connectivity index (χ2n) is 11.7. The Kier molecular flexibility index (Phi) is 9.73.